The first kappa shape index (κ1) is 16.5. The van der Waals surface area contributed by atoms with Crippen molar-refractivity contribution in [1.82, 2.24) is 9.88 Å². The lowest BCUT2D eigenvalue weighted by molar-refractivity contribution is -0.0406. The minimum atomic E-state index is -0.686. The third kappa shape index (κ3) is 3.77. The number of aliphatic hydroxyl groups excluding tert-OH is 2. The molecule has 23 heavy (non-hydrogen) atoms. The molecular weight excluding hydrogens is 312 g/mol. The van der Waals surface area contributed by atoms with Crippen molar-refractivity contribution < 1.29 is 14.6 Å². The van der Waals surface area contributed by atoms with Gasteiger partial charge in [0.05, 0.1) is 17.9 Å². The molecule has 1 aliphatic rings. The van der Waals surface area contributed by atoms with Gasteiger partial charge in [-0.3, -0.25) is 4.90 Å². The molecule has 0 radical (unpaired) electrons. The number of hydrogen-bond acceptors (Lipinski definition) is 6. The van der Waals surface area contributed by atoms with Crippen LogP contribution in [0.2, 0.25) is 0 Å². The number of hydrogen-bond donors (Lipinski definition) is 2. The first-order valence-electron chi connectivity index (χ1n) is 7.76. The van der Waals surface area contributed by atoms with Crippen LogP contribution < -0.4 is 0 Å². The van der Waals surface area contributed by atoms with E-state index in [2.05, 4.69) is 22.0 Å². The number of nitrogens with zero attached hydrogens (tertiary/aromatic N) is 2. The molecule has 0 aliphatic carbocycles. The SMILES string of the molecule is CSc1ccc(-c2nc(CN3CC[C@H](O)[C@@H](O)C3)c(C)o2)cc1. The monoisotopic (exact) mass is 334 g/mol. The number of oxazole rings is 1. The van der Waals surface area contributed by atoms with Gasteiger partial charge in [-0.05, 0) is 43.9 Å². The molecule has 2 aromatic rings. The largest absolute Gasteiger partial charge is 0.441 e. The zero-order valence-corrected chi connectivity index (χ0v) is 14.2. The van der Waals surface area contributed by atoms with E-state index in [1.54, 1.807) is 11.8 Å². The molecular formula is C17H22N2O3S. The van der Waals surface area contributed by atoms with Gasteiger partial charge in [0.25, 0.3) is 0 Å². The summed E-state index contributed by atoms with van der Waals surface area (Å²) in [5.41, 5.74) is 1.85. The molecule has 2 heterocycles. The highest BCUT2D eigenvalue weighted by molar-refractivity contribution is 7.98. The molecule has 1 saturated heterocycles. The van der Waals surface area contributed by atoms with E-state index in [0.29, 0.717) is 25.4 Å². The van der Waals surface area contributed by atoms with Gasteiger partial charge in [0.2, 0.25) is 5.89 Å². The maximum absolute atomic E-state index is 9.79. The molecule has 2 N–H and O–H groups in total. The number of likely N-dealkylation sites (tertiary alicyclic amines) is 1. The van der Waals surface area contributed by atoms with E-state index in [9.17, 15) is 10.2 Å². The van der Waals surface area contributed by atoms with Gasteiger partial charge in [-0.15, -0.1) is 11.8 Å². The molecule has 124 valence electrons. The van der Waals surface area contributed by atoms with Gasteiger partial charge >= 0.3 is 0 Å². The molecule has 6 heteroatoms. The number of thioether (sulfide) groups is 1. The van der Waals surface area contributed by atoms with E-state index in [0.717, 1.165) is 23.6 Å². The van der Waals surface area contributed by atoms with Crippen molar-refractivity contribution in [3.05, 3.63) is 35.7 Å². The minimum absolute atomic E-state index is 0.464. The summed E-state index contributed by atoms with van der Waals surface area (Å²) in [4.78, 5) is 7.92. The quantitative estimate of drug-likeness (QED) is 0.836. The summed E-state index contributed by atoms with van der Waals surface area (Å²) in [5.74, 6) is 1.43. The van der Waals surface area contributed by atoms with Crippen LogP contribution in [-0.2, 0) is 6.54 Å². The maximum Gasteiger partial charge on any atom is 0.226 e. The van der Waals surface area contributed by atoms with Gasteiger partial charge in [0.1, 0.15) is 5.76 Å². The fourth-order valence-corrected chi connectivity index (χ4v) is 3.18. The molecule has 0 spiro atoms. The first-order chi connectivity index (χ1) is 11.1. The van der Waals surface area contributed by atoms with Gasteiger partial charge in [0, 0.05) is 30.1 Å². The maximum atomic E-state index is 9.79. The Morgan fingerprint density at radius 3 is 2.65 bits per heavy atom. The summed E-state index contributed by atoms with van der Waals surface area (Å²) in [7, 11) is 0. The molecule has 3 rings (SSSR count). The Labute approximate surface area is 140 Å². The number of piperidine rings is 1. The van der Waals surface area contributed by atoms with Crippen LogP contribution in [0.5, 0.6) is 0 Å². The van der Waals surface area contributed by atoms with Crippen LogP contribution >= 0.6 is 11.8 Å². The summed E-state index contributed by atoms with van der Waals surface area (Å²) >= 11 is 1.70. The van der Waals surface area contributed by atoms with Crippen LogP contribution in [0.1, 0.15) is 17.9 Å². The number of aromatic nitrogens is 1. The van der Waals surface area contributed by atoms with Crippen molar-refractivity contribution >= 4 is 11.8 Å². The summed E-state index contributed by atoms with van der Waals surface area (Å²) < 4.78 is 5.81. The van der Waals surface area contributed by atoms with Crippen molar-refractivity contribution in [2.75, 3.05) is 19.3 Å². The zero-order valence-electron chi connectivity index (χ0n) is 13.4. The van der Waals surface area contributed by atoms with Crippen LogP contribution in [0, 0.1) is 6.92 Å². The number of benzene rings is 1. The highest BCUT2D eigenvalue weighted by Crippen LogP contribution is 2.25. The Hall–Kier alpha value is -1.34. The molecule has 1 aromatic heterocycles. The van der Waals surface area contributed by atoms with Crippen molar-refractivity contribution in [3.8, 4) is 11.5 Å². The number of rotatable bonds is 4. The topological polar surface area (TPSA) is 69.7 Å². The second kappa shape index (κ2) is 7.05. The van der Waals surface area contributed by atoms with Crippen molar-refractivity contribution in [1.29, 1.82) is 0 Å². The summed E-state index contributed by atoms with van der Waals surface area (Å²) in [6.45, 7) is 3.76. The van der Waals surface area contributed by atoms with E-state index in [1.165, 1.54) is 4.90 Å². The van der Waals surface area contributed by atoms with Crippen LogP contribution in [-0.4, -0.2) is 51.7 Å². The molecule has 0 unspecified atom stereocenters. The highest BCUT2D eigenvalue weighted by atomic mass is 32.2. The van der Waals surface area contributed by atoms with Gasteiger partial charge < -0.3 is 14.6 Å². The standard InChI is InChI=1S/C17H22N2O3S/c1-11-14(9-19-8-7-15(20)16(21)10-19)18-17(22-11)12-3-5-13(23-2)6-4-12/h3-6,15-16,20-21H,7-10H2,1-2H3/t15-,16-/m0/s1. The number of aryl methyl sites for hydroxylation is 1. The number of β-amino-alcohol motifs (C(OH)–C–C–N with tert-alkyl or cyclic N) is 1. The Morgan fingerprint density at radius 2 is 2.00 bits per heavy atom. The third-order valence-electron chi connectivity index (χ3n) is 4.23. The van der Waals surface area contributed by atoms with Gasteiger partial charge in [-0.25, -0.2) is 4.98 Å². The van der Waals surface area contributed by atoms with Crippen LogP contribution in [0.4, 0.5) is 0 Å². The normalized spacial score (nSPS) is 22.4. The van der Waals surface area contributed by atoms with E-state index in [-0.39, 0.29) is 0 Å². The van der Waals surface area contributed by atoms with E-state index < -0.39 is 12.2 Å². The fraction of sp³-hybridized carbons (Fsp3) is 0.471. The van der Waals surface area contributed by atoms with Crippen LogP contribution in [0.3, 0.4) is 0 Å². The molecule has 0 saturated carbocycles. The average Bonchev–Trinajstić information content (AvgIpc) is 2.92. The Morgan fingerprint density at radius 1 is 1.26 bits per heavy atom. The smallest absolute Gasteiger partial charge is 0.226 e. The predicted octanol–water partition coefficient (Wildman–Crippen LogP) is 2.30. The Balaban J connectivity index is 1.73. The van der Waals surface area contributed by atoms with Crippen molar-refractivity contribution in [3.63, 3.8) is 0 Å². The minimum Gasteiger partial charge on any atom is -0.441 e. The predicted molar refractivity (Wildman–Crippen MR) is 90.4 cm³/mol. The van der Waals surface area contributed by atoms with Crippen LogP contribution in [0.15, 0.2) is 33.6 Å². The zero-order chi connectivity index (χ0) is 16.4. The van der Waals surface area contributed by atoms with Gasteiger partial charge in [-0.2, -0.15) is 0 Å². The van der Waals surface area contributed by atoms with Crippen molar-refractivity contribution in [2.45, 2.75) is 37.0 Å². The van der Waals surface area contributed by atoms with Crippen LogP contribution in [0.25, 0.3) is 11.5 Å². The lowest BCUT2D eigenvalue weighted by Gasteiger charge is -2.32. The second-order valence-electron chi connectivity index (χ2n) is 5.91. The Bertz CT molecular complexity index is 656. The van der Waals surface area contributed by atoms with Gasteiger partial charge in [0.15, 0.2) is 0 Å². The molecule has 5 nitrogen and oxygen atoms in total. The molecule has 0 amide bonds. The van der Waals surface area contributed by atoms with E-state index >= 15 is 0 Å². The molecule has 1 fully saturated rings. The third-order valence-corrected chi connectivity index (χ3v) is 4.98. The summed E-state index contributed by atoms with van der Waals surface area (Å²) in [6.07, 6.45) is 1.33. The van der Waals surface area contributed by atoms with E-state index in [1.807, 2.05) is 25.3 Å². The van der Waals surface area contributed by atoms with E-state index in [4.69, 9.17) is 4.42 Å². The molecule has 1 aromatic carbocycles. The number of aliphatic hydroxyl groups is 2. The second-order valence-corrected chi connectivity index (χ2v) is 6.79. The first-order valence-corrected chi connectivity index (χ1v) is 8.98. The summed E-state index contributed by atoms with van der Waals surface area (Å²) in [5, 5.41) is 19.4. The molecule has 0 bridgehead atoms. The lowest BCUT2D eigenvalue weighted by Crippen LogP contribution is -2.46. The Kier molecular flexibility index (Phi) is 5.06. The van der Waals surface area contributed by atoms with Gasteiger partial charge in [-0.1, -0.05) is 0 Å². The average molecular weight is 334 g/mol. The lowest BCUT2D eigenvalue weighted by atomic mass is 10.1. The fourth-order valence-electron chi connectivity index (χ4n) is 2.77. The summed E-state index contributed by atoms with van der Waals surface area (Å²) in [6, 6.07) is 8.15. The molecule has 1 aliphatic heterocycles. The van der Waals surface area contributed by atoms with Crippen molar-refractivity contribution in [2.24, 2.45) is 0 Å². The molecule has 2 atom stereocenters. The highest BCUT2D eigenvalue weighted by Gasteiger charge is 2.26.